The number of carbonyl (C=O) groups is 1. The zero-order valence-electron chi connectivity index (χ0n) is 12.2. The molecule has 0 aliphatic carbocycles. The fourth-order valence-electron chi connectivity index (χ4n) is 2.44. The third kappa shape index (κ3) is 3.61. The number of aliphatic hydroxyl groups is 1. The zero-order chi connectivity index (χ0) is 15.6. The Morgan fingerprint density at radius 3 is 2.76 bits per heavy atom. The molecule has 6 nitrogen and oxygen atoms in total. The minimum absolute atomic E-state index is 0.117. The summed E-state index contributed by atoms with van der Waals surface area (Å²) in [6, 6.07) is 4.80. The van der Waals surface area contributed by atoms with Crippen molar-refractivity contribution >= 4 is 21.6 Å². The molecule has 2 N–H and O–H groups in total. The van der Waals surface area contributed by atoms with Crippen LogP contribution >= 0.6 is 0 Å². The van der Waals surface area contributed by atoms with Gasteiger partial charge < -0.3 is 10.4 Å². The molecule has 7 heteroatoms. The molecule has 1 fully saturated rings. The van der Waals surface area contributed by atoms with Gasteiger partial charge in [-0.25, -0.2) is 8.42 Å². The lowest BCUT2D eigenvalue weighted by atomic mass is 10.1. The van der Waals surface area contributed by atoms with Crippen LogP contribution in [-0.2, 0) is 14.8 Å². The standard InChI is InChI=1S/C14H20N2O4S/c1-10-5-6-12(15-11(2)17)8-14(10)21(19,20)16-7-3-4-13(18)9-16/h5-6,8,13,18H,3-4,7,9H2,1-2H3,(H,15,17)/t13-/m0/s1. The first-order chi connectivity index (χ1) is 9.80. The third-order valence-electron chi connectivity index (χ3n) is 3.49. The van der Waals surface area contributed by atoms with Gasteiger partial charge in [0.25, 0.3) is 0 Å². The normalized spacial score (nSPS) is 20.2. The minimum atomic E-state index is -3.66. The predicted molar refractivity (Wildman–Crippen MR) is 79.5 cm³/mol. The summed E-state index contributed by atoms with van der Waals surface area (Å²) in [6.07, 6.45) is 0.647. The van der Waals surface area contributed by atoms with Crippen molar-refractivity contribution in [2.24, 2.45) is 0 Å². The molecule has 2 rings (SSSR count). The lowest BCUT2D eigenvalue weighted by molar-refractivity contribution is -0.114. The monoisotopic (exact) mass is 312 g/mol. The van der Waals surface area contributed by atoms with Crippen LogP contribution in [0.1, 0.15) is 25.3 Å². The number of rotatable bonds is 3. The molecule has 21 heavy (non-hydrogen) atoms. The maximum absolute atomic E-state index is 12.7. The predicted octanol–water partition coefficient (Wildman–Crippen LogP) is 1.10. The average molecular weight is 312 g/mol. The molecule has 0 bridgehead atoms. The van der Waals surface area contributed by atoms with E-state index in [0.717, 1.165) is 0 Å². The van der Waals surface area contributed by atoms with E-state index in [0.29, 0.717) is 30.6 Å². The summed E-state index contributed by atoms with van der Waals surface area (Å²) in [5.74, 6) is -0.254. The van der Waals surface area contributed by atoms with Gasteiger partial charge >= 0.3 is 0 Å². The van der Waals surface area contributed by atoms with Crippen molar-refractivity contribution in [2.75, 3.05) is 18.4 Å². The van der Waals surface area contributed by atoms with Crippen molar-refractivity contribution < 1.29 is 18.3 Å². The molecule has 1 atom stereocenters. The van der Waals surface area contributed by atoms with Gasteiger partial charge in [0.1, 0.15) is 0 Å². The summed E-state index contributed by atoms with van der Waals surface area (Å²) in [4.78, 5) is 11.3. The Kier molecular flexibility index (Phi) is 4.65. The van der Waals surface area contributed by atoms with E-state index in [1.165, 1.54) is 17.3 Å². The highest BCUT2D eigenvalue weighted by Crippen LogP contribution is 2.26. The number of hydrogen-bond acceptors (Lipinski definition) is 4. The number of benzene rings is 1. The summed E-state index contributed by atoms with van der Waals surface area (Å²) in [7, 11) is -3.66. The SMILES string of the molecule is CC(=O)Nc1ccc(C)c(S(=O)(=O)N2CCC[C@H](O)C2)c1. The van der Waals surface area contributed by atoms with Gasteiger partial charge in [-0.2, -0.15) is 4.31 Å². The highest BCUT2D eigenvalue weighted by atomic mass is 32.2. The third-order valence-corrected chi connectivity index (χ3v) is 5.49. The van der Waals surface area contributed by atoms with E-state index in [-0.39, 0.29) is 17.3 Å². The Hall–Kier alpha value is -1.44. The van der Waals surface area contributed by atoms with E-state index >= 15 is 0 Å². The van der Waals surface area contributed by atoms with E-state index < -0.39 is 16.1 Å². The molecule has 1 heterocycles. The number of aryl methyl sites for hydroxylation is 1. The molecule has 1 saturated heterocycles. The molecule has 1 amide bonds. The number of nitrogens with zero attached hydrogens (tertiary/aromatic N) is 1. The van der Waals surface area contributed by atoms with Crippen LogP contribution in [0.15, 0.2) is 23.1 Å². The fraction of sp³-hybridized carbons (Fsp3) is 0.500. The van der Waals surface area contributed by atoms with Crippen molar-refractivity contribution in [3.63, 3.8) is 0 Å². The first-order valence-electron chi connectivity index (χ1n) is 6.87. The Labute approximate surface area is 124 Å². The second-order valence-electron chi connectivity index (χ2n) is 5.32. The second-order valence-corrected chi connectivity index (χ2v) is 7.23. The number of aliphatic hydroxyl groups excluding tert-OH is 1. The van der Waals surface area contributed by atoms with E-state index in [9.17, 15) is 18.3 Å². The summed E-state index contributed by atoms with van der Waals surface area (Å²) < 4.78 is 26.7. The van der Waals surface area contributed by atoms with Crippen molar-refractivity contribution in [2.45, 2.75) is 37.7 Å². The smallest absolute Gasteiger partial charge is 0.243 e. The number of hydrogen-bond donors (Lipinski definition) is 2. The van der Waals surface area contributed by atoms with Gasteiger partial charge in [-0.15, -0.1) is 0 Å². The molecular weight excluding hydrogens is 292 g/mol. The largest absolute Gasteiger partial charge is 0.392 e. The lowest BCUT2D eigenvalue weighted by Crippen LogP contribution is -2.42. The summed E-state index contributed by atoms with van der Waals surface area (Å²) in [5, 5.41) is 12.3. The second kappa shape index (κ2) is 6.13. The topological polar surface area (TPSA) is 86.7 Å². The Morgan fingerprint density at radius 2 is 2.14 bits per heavy atom. The Morgan fingerprint density at radius 1 is 1.43 bits per heavy atom. The van der Waals surface area contributed by atoms with Crippen LogP contribution in [0.25, 0.3) is 0 Å². The molecule has 1 aliphatic rings. The maximum atomic E-state index is 12.7. The molecule has 0 saturated carbocycles. The number of piperidine rings is 1. The molecule has 0 spiro atoms. The van der Waals surface area contributed by atoms with Crippen LogP contribution < -0.4 is 5.32 Å². The lowest BCUT2D eigenvalue weighted by Gasteiger charge is -2.29. The zero-order valence-corrected chi connectivity index (χ0v) is 13.0. The van der Waals surface area contributed by atoms with Crippen LogP contribution in [-0.4, -0.2) is 42.9 Å². The number of nitrogens with one attached hydrogen (secondary N) is 1. The quantitative estimate of drug-likeness (QED) is 0.875. The first kappa shape index (κ1) is 15.9. The maximum Gasteiger partial charge on any atom is 0.243 e. The number of amides is 1. The summed E-state index contributed by atoms with van der Waals surface area (Å²) in [6.45, 7) is 3.61. The van der Waals surface area contributed by atoms with Gasteiger partial charge in [-0.05, 0) is 37.5 Å². The van der Waals surface area contributed by atoms with E-state index in [1.807, 2.05) is 0 Å². The number of anilines is 1. The highest BCUT2D eigenvalue weighted by Gasteiger charge is 2.30. The molecule has 0 radical (unpaired) electrons. The van der Waals surface area contributed by atoms with Gasteiger partial charge in [0, 0.05) is 25.7 Å². The summed E-state index contributed by atoms with van der Waals surface area (Å²) >= 11 is 0. The highest BCUT2D eigenvalue weighted by molar-refractivity contribution is 7.89. The Balaban J connectivity index is 2.36. The van der Waals surface area contributed by atoms with Crippen molar-refractivity contribution in [3.8, 4) is 0 Å². The van der Waals surface area contributed by atoms with Crippen LogP contribution in [0.2, 0.25) is 0 Å². The van der Waals surface area contributed by atoms with Crippen LogP contribution in [0, 0.1) is 6.92 Å². The Bertz CT molecular complexity index is 642. The van der Waals surface area contributed by atoms with Crippen molar-refractivity contribution in [1.29, 1.82) is 0 Å². The molecule has 1 aliphatic heterocycles. The van der Waals surface area contributed by atoms with Crippen molar-refractivity contribution in [3.05, 3.63) is 23.8 Å². The van der Waals surface area contributed by atoms with Crippen LogP contribution in [0.3, 0.4) is 0 Å². The van der Waals surface area contributed by atoms with E-state index in [1.54, 1.807) is 19.1 Å². The fourth-order valence-corrected chi connectivity index (χ4v) is 4.20. The van der Waals surface area contributed by atoms with Gasteiger partial charge in [0.15, 0.2) is 0 Å². The van der Waals surface area contributed by atoms with Gasteiger partial charge in [0.05, 0.1) is 11.0 Å². The molecule has 1 aromatic rings. The molecule has 1 aromatic carbocycles. The van der Waals surface area contributed by atoms with Gasteiger partial charge in [0.2, 0.25) is 15.9 Å². The molecule has 0 aromatic heterocycles. The van der Waals surface area contributed by atoms with E-state index in [2.05, 4.69) is 5.32 Å². The number of sulfonamides is 1. The summed E-state index contributed by atoms with van der Waals surface area (Å²) in [5.41, 5.74) is 1.06. The van der Waals surface area contributed by atoms with Crippen LogP contribution in [0.5, 0.6) is 0 Å². The minimum Gasteiger partial charge on any atom is -0.392 e. The van der Waals surface area contributed by atoms with Gasteiger partial charge in [-0.1, -0.05) is 6.07 Å². The number of carbonyl (C=O) groups excluding carboxylic acids is 1. The van der Waals surface area contributed by atoms with E-state index in [4.69, 9.17) is 0 Å². The van der Waals surface area contributed by atoms with Gasteiger partial charge in [-0.3, -0.25) is 4.79 Å². The van der Waals surface area contributed by atoms with Crippen LogP contribution in [0.4, 0.5) is 5.69 Å². The average Bonchev–Trinajstić information content (AvgIpc) is 2.40. The van der Waals surface area contributed by atoms with Crippen molar-refractivity contribution in [1.82, 2.24) is 4.31 Å². The molecule has 116 valence electrons. The first-order valence-corrected chi connectivity index (χ1v) is 8.31. The number of β-amino-alcohol motifs (C(OH)–C–C–N with tert-alkyl or cyclic N) is 1. The molecule has 0 unspecified atom stereocenters. The molecular formula is C14H20N2O4S.